The Kier molecular flexibility index (Phi) is 6.10. The molecule has 9 heteroatoms. The first-order valence-electron chi connectivity index (χ1n) is 10.6. The lowest BCUT2D eigenvalue weighted by atomic mass is 9.96. The smallest absolute Gasteiger partial charge is 0.381 e. The fourth-order valence-corrected chi connectivity index (χ4v) is 4.29. The van der Waals surface area contributed by atoms with Crippen molar-refractivity contribution >= 4 is 22.6 Å². The van der Waals surface area contributed by atoms with E-state index in [1.54, 1.807) is 31.6 Å². The SMILES string of the molecule is CNC(=O)c1cnc2[nH]ccc2c1N[C@@H]1CCN(Cc2ccc(C(F)(F)F)cc2)[C@H](C)C1. The number of carbonyl (C=O) groups excluding carboxylic acids is 1. The third kappa shape index (κ3) is 4.57. The quantitative estimate of drug-likeness (QED) is 0.544. The molecule has 4 rings (SSSR count). The number of nitrogens with one attached hydrogen (secondary N) is 3. The zero-order chi connectivity index (χ0) is 22.9. The van der Waals surface area contributed by atoms with Crippen LogP contribution in [0.15, 0.2) is 42.7 Å². The molecule has 0 radical (unpaired) electrons. The Balaban J connectivity index is 1.44. The summed E-state index contributed by atoms with van der Waals surface area (Å²) in [5, 5.41) is 7.09. The highest BCUT2D eigenvalue weighted by Crippen LogP contribution is 2.31. The number of alkyl halides is 3. The largest absolute Gasteiger partial charge is 0.416 e. The fourth-order valence-electron chi connectivity index (χ4n) is 4.29. The molecule has 0 bridgehead atoms. The second-order valence-electron chi connectivity index (χ2n) is 8.25. The average Bonchev–Trinajstić information content (AvgIpc) is 3.24. The van der Waals surface area contributed by atoms with Crippen molar-refractivity contribution < 1.29 is 18.0 Å². The Bertz CT molecular complexity index is 1090. The molecule has 3 N–H and O–H groups in total. The van der Waals surface area contributed by atoms with E-state index < -0.39 is 11.7 Å². The maximum absolute atomic E-state index is 12.8. The number of fused-ring (bicyclic) bond motifs is 1. The van der Waals surface area contributed by atoms with Crippen molar-refractivity contribution in [1.82, 2.24) is 20.2 Å². The van der Waals surface area contributed by atoms with Crippen molar-refractivity contribution in [2.24, 2.45) is 0 Å². The number of aromatic nitrogens is 2. The van der Waals surface area contributed by atoms with Crippen LogP contribution in [-0.2, 0) is 12.7 Å². The minimum absolute atomic E-state index is 0.165. The van der Waals surface area contributed by atoms with Gasteiger partial charge in [-0.1, -0.05) is 12.1 Å². The van der Waals surface area contributed by atoms with Crippen LogP contribution in [0, 0.1) is 0 Å². The number of carbonyl (C=O) groups is 1. The minimum Gasteiger partial charge on any atom is -0.381 e. The molecule has 3 heterocycles. The predicted octanol–water partition coefficient (Wildman–Crippen LogP) is 4.41. The molecule has 0 saturated carbocycles. The molecule has 0 aliphatic carbocycles. The lowest BCUT2D eigenvalue weighted by Crippen LogP contribution is -2.44. The molecule has 0 unspecified atom stereocenters. The Morgan fingerprint density at radius 1 is 1.25 bits per heavy atom. The van der Waals surface area contributed by atoms with Gasteiger partial charge in [-0.2, -0.15) is 13.2 Å². The molecule has 1 saturated heterocycles. The summed E-state index contributed by atoms with van der Waals surface area (Å²) in [5.74, 6) is -0.198. The molecular formula is C23H26F3N5O. The van der Waals surface area contributed by atoms with E-state index in [-0.39, 0.29) is 18.0 Å². The van der Waals surface area contributed by atoms with Crippen LogP contribution in [0.3, 0.4) is 0 Å². The molecule has 1 aromatic carbocycles. The van der Waals surface area contributed by atoms with E-state index in [0.717, 1.165) is 48.2 Å². The van der Waals surface area contributed by atoms with Gasteiger partial charge in [-0.25, -0.2) is 4.98 Å². The molecule has 1 fully saturated rings. The summed E-state index contributed by atoms with van der Waals surface area (Å²) in [6.45, 7) is 3.53. The number of likely N-dealkylation sites (tertiary alicyclic amines) is 1. The first kappa shape index (κ1) is 22.1. The highest BCUT2D eigenvalue weighted by Gasteiger charge is 2.31. The molecule has 1 amide bonds. The van der Waals surface area contributed by atoms with Crippen molar-refractivity contribution in [3.05, 3.63) is 59.4 Å². The number of benzene rings is 1. The number of rotatable bonds is 5. The molecule has 1 aliphatic heterocycles. The van der Waals surface area contributed by atoms with Gasteiger partial charge in [0.2, 0.25) is 0 Å². The van der Waals surface area contributed by atoms with Crippen molar-refractivity contribution in [3.8, 4) is 0 Å². The van der Waals surface area contributed by atoms with Crippen LogP contribution in [0.2, 0.25) is 0 Å². The van der Waals surface area contributed by atoms with Gasteiger partial charge < -0.3 is 15.6 Å². The van der Waals surface area contributed by atoms with Gasteiger partial charge in [0.1, 0.15) is 5.65 Å². The Morgan fingerprint density at radius 3 is 2.66 bits per heavy atom. The third-order valence-corrected chi connectivity index (χ3v) is 6.09. The second-order valence-corrected chi connectivity index (χ2v) is 8.25. The average molecular weight is 445 g/mol. The topological polar surface area (TPSA) is 73.0 Å². The van der Waals surface area contributed by atoms with Gasteiger partial charge in [0, 0.05) is 50.0 Å². The number of H-pyrrole nitrogens is 1. The summed E-state index contributed by atoms with van der Waals surface area (Å²) >= 11 is 0. The van der Waals surface area contributed by atoms with Crippen molar-refractivity contribution in [3.63, 3.8) is 0 Å². The van der Waals surface area contributed by atoms with Gasteiger partial charge in [0.25, 0.3) is 5.91 Å². The summed E-state index contributed by atoms with van der Waals surface area (Å²) in [6, 6.07) is 7.68. The highest BCUT2D eigenvalue weighted by atomic mass is 19.4. The molecular weight excluding hydrogens is 419 g/mol. The fraction of sp³-hybridized carbons (Fsp3) is 0.391. The maximum atomic E-state index is 12.8. The monoisotopic (exact) mass is 445 g/mol. The molecule has 2 aromatic heterocycles. The van der Waals surface area contributed by atoms with Crippen LogP contribution < -0.4 is 10.6 Å². The van der Waals surface area contributed by atoms with Crippen LogP contribution >= 0.6 is 0 Å². The van der Waals surface area contributed by atoms with Crippen LogP contribution in [0.4, 0.5) is 18.9 Å². The Morgan fingerprint density at radius 2 is 2.00 bits per heavy atom. The lowest BCUT2D eigenvalue weighted by molar-refractivity contribution is -0.137. The van der Waals surface area contributed by atoms with Crippen LogP contribution in [0.1, 0.15) is 41.3 Å². The van der Waals surface area contributed by atoms with Crippen molar-refractivity contribution in [1.29, 1.82) is 0 Å². The van der Waals surface area contributed by atoms with Gasteiger partial charge >= 0.3 is 6.18 Å². The van der Waals surface area contributed by atoms with Crippen LogP contribution in [0.5, 0.6) is 0 Å². The number of pyridine rings is 1. The highest BCUT2D eigenvalue weighted by molar-refractivity contribution is 6.06. The normalized spacial score (nSPS) is 19.8. The molecule has 3 aromatic rings. The van der Waals surface area contributed by atoms with Crippen LogP contribution in [0.25, 0.3) is 11.0 Å². The van der Waals surface area contributed by atoms with Gasteiger partial charge in [-0.15, -0.1) is 0 Å². The van der Waals surface area contributed by atoms with E-state index in [4.69, 9.17) is 0 Å². The standard InChI is InChI=1S/C23H26F3N5O/c1-14-11-17(8-10-31(14)13-15-3-5-16(6-4-15)23(24,25)26)30-20-18-7-9-28-21(18)29-12-19(20)22(32)27-2/h3-7,9,12,14,17H,8,10-11,13H2,1-2H3,(H,27,32)(H2,28,29,30)/t14-,17-/m1/s1. The number of halogens is 3. The second kappa shape index (κ2) is 8.82. The number of anilines is 1. The van der Waals surface area contributed by atoms with Gasteiger partial charge in [-0.05, 0) is 43.5 Å². The number of hydrogen-bond donors (Lipinski definition) is 3. The third-order valence-electron chi connectivity index (χ3n) is 6.09. The Hall–Kier alpha value is -3.07. The first-order chi connectivity index (χ1) is 15.3. The van der Waals surface area contributed by atoms with E-state index >= 15 is 0 Å². The number of nitrogens with zero attached hydrogens (tertiary/aromatic N) is 2. The number of hydrogen-bond acceptors (Lipinski definition) is 4. The molecule has 0 spiro atoms. The first-order valence-corrected chi connectivity index (χ1v) is 10.6. The zero-order valence-electron chi connectivity index (χ0n) is 18.0. The number of amides is 1. The molecule has 2 atom stereocenters. The lowest BCUT2D eigenvalue weighted by Gasteiger charge is -2.38. The molecule has 1 aliphatic rings. The van der Waals surface area contributed by atoms with E-state index in [2.05, 4.69) is 32.4 Å². The molecule has 32 heavy (non-hydrogen) atoms. The molecule has 6 nitrogen and oxygen atoms in total. The van der Waals surface area contributed by atoms with Gasteiger partial charge in [0.05, 0.1) is 16.8 Å². The van der Waals surface area contributed by atoms with Gasteiger partial charge in [-0.3, -0.25) is 9.69 Å². The summed E-state index contributed by atoms with van der Waals surface area (Å²) in [5.41, 5.74) is 2.22. The van der Waals surface area contributed by atoms with E-state index in [9.17, 15) is 18.0 Å². The summed E-state index contributed by atoms with van der Waals surface area (Å²) in [6.07, 6.45) is 0.755. The maximum Gasteiger partial charge on any atom is 0.416 e. The molecule has 170 valence electrons. The van der Waals surface area contributed by atoms with Gasteiger partial charge in [0.15, 0.2) is 0 Å². The number of aromatic amines is 1. The van der Waals surface area contributed by atoms with Crippen LogP contribution in [-0.4, -0.2) is 46.5 Å². The minimum atomic E-state index is -4.32. The van der Waals surface area contributed by atoms with Crippen molar-refractivity contribution in [2.75, 3.05) is 18.9 Å². The number of piperidine rings is 1. The summed E-state index contributed by atoms with van der Waals surface area (Å²) in [4.78, 5) is 22.0. The van der Waals surface area contributed by atoms with E-state index in [0.29, 0.717) is 17.8 Å². The Labute approximate surface area is 184 Å². The van der Waals surface area contributed by atoms with Crippen molar-refractivity contribution in [2.45, 2.75) is 44.6 Å². The summed E-state index contributed by atoms with van der Waals surface area (Å²) < 4.78 is 38.4. The van der Waals surface area contributed by atoms with E-state index in [1.807, 2.05) is 6.07 Å². The zero-order valence-corrected chi connectivity index (χ0v) is 18.0. The summed E-state index contributed by atoms with van der Waals surface area (Å²) in [7, 11) is 1.59. The predicted molar refractivity (Wildman–Crippen MR) is 117 cm³/mol. The van der Waals surface area contributed by atoms with E-state index in [1.165, 1.54) is 0 Å².